The van der Waals surface area contributed by atoms with Crippen molar-refractivity contribution in [1.82, 2.24) is 35.5 Å². The Morgan fingerprint density at radius 1 is 1.13 bits per heavy atom. The van der Waals surface area contributed by atoms with Crippen molar-refractivity contribution in [3.63, 3.8) is 0 Å². The number of fused-ring (bicyclic) bond motifs is 2. The summed E-state index contributed by atoms with van der Waals surface area (Å²) >= 11 is 2.17. The maximum absolute atomic E-state index is 12.3. The first-order valence-electron chi connectivity index (χ1n) is 12.6. The molecule has 0 fully saturated rings. The van der Waals surface area contributed by atoms with Crippen LogP contribution >= 0.6 is 22.6 Å². The first-order valence-corrected chi connectivity index (χ1v) is 13.6. The lowest BCUT2D eigenvalue weighted by atomic mass is 10.1. The quantitative estimate of drug-likeness (QED) is 0.127. The number of hydrogen-bond acceptors (Lipinski definition) is 5. The van der Waals surface area contributed by atoms with Crippen molar-refractivity contribution in [3.05, 3.63) is 88.7 Å². The minimum Gasteiger partial charge on any atom is -0.353 e. The van der Waals surface area contributed by atoms with Crippen LogP contribution in [0.2, 0.25) is 0 Å². The fourth-order valence-corrected chi connectivity index (χ4v) is 4.77. The van der Waals surface area contributed by atoms with Gasteiger partial charge in [-0.15, -0.1) is 0 Å². The molecule has 9 heteroatoms. The molecule has 0 saturated carbocycles. The number of aromatic amines is 2. The van der Waals surface area contributed by atoms with Crippen molar-refractivity contribution in [2.75, 3.05) is 0 Å². The van der Waals surface area contributed by atoms with Gasteiger partial charge in [-0.1, -0.05) is 20.4 Å². The average molecular weight is 630 g/mol. The van der Waals surface area contributed by atoms with Gasteiger partial charge in [0, 0.05) is 56.3 Å². The maximum atomic E-state index is 12.3. The van der Waals surface area contributed by atoms with Gasteiger partial charge in [-0.05, 0) is 84.0 Å². The van der Waals surface area contributed by atoms with Crippen LogP contribution in [-0.4, -0.2) is 36.0 Å². The number of hydrogen-bond donors (Lipinski definition) is 3. The summed E-state index contributed by atoms with van der Waals surface area (Å²) in [5.74, 6) is 0.275. The Morgan fingerprint density at radius 3 is 2.72 bits per heavy atom. The molecule has 0 radical (unpaired) electrons. The van der Waals surface area contributed by atoms with Crippen LogP contribution in [0.3, 0.4) is 0 Å². The van der Waals surface area contributed by atoms with E-state index < -0.39 is 0 Å². The van der Waals surface area contributed by atoms with Gasteiger partial charge in [0.1, 0.15) is 11.2 Å². The van der Waals surface area contributed by atoms with Gasteiger partial charge >= 0.3 is 0 Å². The Morgan fingerprint density at radius 2 is 1.97 bits per heavy atom. The highest BCUT2D eigenvalue weighted by Gasteiger charge is 2.16. The van der Waals surface area contributed by atoms with Crippen LogP contribution in [0, 0.1) is 5.92 Å². The standard InChI is InChI=1S/C30H28IN7O/c1-17(2)12-27(39)34-19(4)14-21(13-18(3)31)23-7-8-25-29(36-23)30(38-37-25)26-15-22-24(35-26)9-11-33-28(22)20-6-5-10-32-16-20/h5-11,13-17,35H,3,12H2,1-2,4H3,(H,34,39)(H,37,38)/b19-14+,21-13+. The van der Waals surface area contributed by atoms with Crippen molar-refractivity contribution >= 4 is 56.0 Å². The molecule has 0 atom stereocenters. The molecule has 5 rings (SSSR count). The van der Waals surface area contributed by atoms with Gasteiger partial charge in [0.05, 0.1) is 22.6 Å². The Labute approximate surface area is 239 Å². The highest BCUT2D eigenvalue weighted by molar-refractivity contribution is 14.1. The minimum atomic E-state index is -0.00844. The summed E-state index contributed by atoms with van der Waals surface area (Å²) in [6.45, 7) is 9.96. The van der Waals surface area contributed by atoms with Gasteiger partial charge in [0.2, 0.25) is 5.91 Å². The van der Waals surface area contributed by atoms with Crippen LogP contribution in [-0.2, 0) is 4.79 Å². The lowest BCUT2D eigenvalue weighted by Crippen LogP contribution is -2.22. The molecule has 5 heterocycles. The fourth-order valence-electron chi connectivity index (χ4n) is 4.43. The van der Waals surface area contributed by atoms with E-state index in [4.69, 9.17) is 4.98 Å². The lowest BCUT2D eigenvalue weighted by Gasteiger charge is -2.09. The molecule has 5 aromatic heterocycles. The Kier molecular flexibility index (Phi) is 7.69. The smallest absolute Gasteiger partial charge is 0.224 e. The molecule has 8 nitrogen and oxygen atoms in total. The summed E-state index contributed by atoms with van der Waals surface area (Å²) in [5.41, 5.74) is 8.15. The molecule has 0 unspecified atom stereocenters. The van der Waals surface area contributed by atoms with Crippen molar-refractivity contribution in [1.29, 1.82) is 0 Å². The zero-order chi connectivity index (χ0) is 27.5. The molecular formula is C30H28IN7O. The van der Waals surface area contributed by atoms with Gasteiger partial charge < -0.3 is 10.3 Å². The van der Waals surface area contributed by atoms with E-state index in [0.29, 0.717) is 12.1 Å². The third-order valence-electron chi connectivity index (χ3n) is 6.06. The van der Waals surface area contributed by atoms with E-state index in [2.05, 4.69) is 59.6 Å². The number of rotatable bonds is 8. The highest BCUT2D eigenvalue weighted by Crippen LogP contribution is 2.33. The minimum absolute atomic E-state index is 0.00844. The van der Waals surface area contributed by atoms with E-state index in [1.165, 1.54) is 0 Å². The SMILES string of the molecule is C=C(I)/C=C(\C=C(/C)NC(=O)CC(C)C)c1ccc2[nH]nc(-c3cc4c(-c5cccnc5)nccc4[nH]3)c2n1. The van der Waals surface area contributed by atoms with E-state index in [1.54, 1.807) is 12.4 Å². The second-order valence-corrected chi connectivity index (χ2v) is 11.1. The predicted molar refractivity (Wildman–Crippen MR) is 165 cm³/mol. The molecule has 0 aliphatic carbocycles. The number of amides is 1. The molecule has 3 N–H and O–H groups in total. The monoisotopic (exact) mass is 629 g/mol. The van der Waals surface area contributed by atoms with E-state index in [0.717, 1.165) is 59.4 Å². The number of halogens is 1. The van der Waals surface area contributed by atoms with Crippen molar-refractivity contribution in [2.45, 2.75) is 27.2 Å². The lowest BCUT2D eigenvalue weighted by molar-refractivity contribution is -0.121. The third kappa shape index (κ3) is 5.98. The van der Waals surface area contributed by atoms with Crippen molar-refractivity contribution < 1.29 is 4.79 Å². The normalized spacial score (nSPS) is 12.4. The molecule has 1 amide bonds. The van der Waals surface area contributed by atoms with Gasteiger partial charge in [-0.2, -0.15) is 5.10 Å². The Bertz CT molecular complexity index is 1750. The molecule has 39 heavy (non-hydrogen) atoms. The van der Waals surface area contributed by atoms with Gasteiger partial charge in [0.15, 0.2) is 0 Å². The second kappa shape index (κ2) is 11.3. The molecule has 0 aromatic carbocycles. The highest BCUT2D eigenvalue weighted by atomic mass is 127. The van der Waals surface area contributed by atoms with E-state index >= 15 is 0 Å². The number of carbonyl (C=O) groups is 1. The Balaban J connectivity index is 1.55. The molecule has 0 saturated heterocycles. The topological polar surface area (TPSA) is 112 Å². The number of nitrogens with one attached hydrogen (secondary N) is 3. The van der Waals surface area contributed by atoms with E-state index in [-0.39, 0.29) is 11.8 Å². The number of carbonyl (C=O) groups excluding carboxylic acids is 1. The van der Waals surface area contributed by atoms with Gasteiger partial charge in [-0.3, -0.25) is 19.9 Å². The third-order valence-corrected chi connectivity index (χ3v) is 6.37. The number of aromatic nitrogens is 6. The maximum Gasteiger partial charge on any atom is 0.224 e. The van der Waals surface area contributed by atoms with Crippen molar-refractivity contribution in [2.24, 2.45) is 5.92 Å². The van der Waals surface area contributed by atoms with E-state index in [1.807, 2.05) is 75.5 Å². The van der Waals surface area contributed by atoms with Crippen LogP contribution in [0.4, 0.5) is 0 Å². The summed E-state index contributed by atoms with van der Waals surface area (Å²) in [4.78, 5) is 29.6. The second-order valence-electron chi connectivity index (χ2n) is 9.73. The number of pyridine rings is 3. The molecule has 0 bridgehead atoms. The molecule has 0 spiro atoms. The van der Waals surface area contributed by atoms with Gasteiger partial charge in [-0.25, -0.2) is 4.98 Å². The average Bonchev–Trinajstić information content (AvgIpc) is 3.51. The first kappa shape index (κ1) is 26.5. The summed E-state index contributed by atoms with van der Waals surface area (Å²) in [7, 11) is 0. The fraction of sp³-hybridized carbons (Fsp3) is 0.167. The van der Waals surface area contributed by atoms with Gasteiger partial charge in [0.25, 0.3) is 0 Å². The van der Waals surface area contributed by atoms with Crippen molar-refractivity contribution in [3.8, 4) is 22.6 Å². The molecule has 5 aromatic rings. The summed E-state index contributed by atoms with van der Waals surface area (Å²) in [6.07, 6.45) is 9.67. The summed E-state index contributed by atoms with van der Waals surface area (Å²) in [6, 6.07) is 11.8. The number of allylic oxidation sites excluding steroid dienone is 5. The van der Waals surface area contributed by atoms with Crippen LogP contribution in [0.1, 0.15) is 32.9 Å². The van der Waals surface area contributed by atoms with Crippen LogP contribution < -0.4 is 5.32 Å². The molecule has 0 aliphatic heterocycles. The molecular weight excluding hydrogens is 601 g/mol. The van der Waals surface area contributed by atoms with Crippen LogP contribution in [0.25, 0.3) is 50.2 Å². The first-order chi connectivity index (χ1) is 18.8. The van der Waals surface area contributed by atoms with E-state index in [9.17, 15) is 4.79 Å². The van der Waals surface area contributed by atoms with Crippen LogP contribution in [0.5, 0.6) is 0 Å². The largest absolute Gasteiger partial charge is 0.353 e. The molecule has 0 aliphatic rings. The zero-order valence-corrected chi connectivity index (χ0v) is 24.1. The predicted octanol–water partition coefficient (Wildman–Crippen LogP) is 6.96. The molecule has 196 valence electrons. The zero-order valence-electron chi connectivity index (χ0n) is 21.9. The summed E-state index contributed by atoms with van der Waals surface area (Å²) < 4.78 is 0.848. The summed E-state index contributed by atoms with van der Waals surface area (Å²) in [5, 5.41) is 11.6. The number of nitrogens with zero attached hydrogens (tertiary/aromatic N) is 4. The number of H-pyrrole nitrogens is 2. The van der Waals surface area contributed by atoms with Crippen LogP contribution in [0.15, 0.2) is 83.0 Å². The Hall–Kier alpha value is -4.12.